The number of ether oxygens (including phenoxy) is 4. The van der Waals surface area contributed by atoms with Crippen molar-refractivity contribution in [2.24, 2.45) is 0 Å². The fourth-order valence-electron chi connectivity index (χ4n) is 3.21. The first-order valence-electron chi connectivity index (χ1n) is 9.76. The van der Waals surface area contributed by atoms with Crippen molar-refractivity contribution < 1.29 is 23.2 Å². The average molecular weight is 467 g/mol. The second-order valence-corrected chi connectivity index (χ2v) is 9.87. The minimum Gasteiger partial charge on any atom is -0.456 e. The molecule has 0 radical (unpaired) electrons. The van der Waals surface area contributed by atoms with E-state index in [1.807, 2.05) is 60.7 Å². The monoisotopic (exact) mass is 466 g/mol. The maximum absolute atomic E-state index is 12.9. The van der Waals surface area contributed by atoms with Gasteiger partial charge < -0.3 is 18.9 Å². The van der Waals surface area contributed by atoms with Gasteiger partial charge in [0, 0.05) is 30.0 Å². The number of hydrogen-bond acceptors (Lipinski definition) is 7. The van der Waals surface area contributed by atoms with E-state index in [0.29, 0.717) is 19.0 Å². The van der Waals surface area contributed by atoms with Crippen molar-refractivity contribution in [1.29, 1.82) is 0 Å². The van der Waals surface area contributed by atoms with Crippen molar-refractivity contribution in [1.82, 2.24) is 0 Å². The van der Waals surface area contributed by atoms with Gasteiger partial charge in [-0.15, -0.1) is 0 Å². The van der Waals surface area contributed by atoms with Crippen LogP contribution in [0.3, 0.4) is 0 Å². The molecular formula is C22H26O5S3. The van der Waals surface area contributed by atoms with E-state index in [1.54, 1.807) is 18.9 Å². The van der Waals surface area contributed by atoms with E-state index in [4.69, 9.17) is 31.2 Å². The Morgan fingerprint density at radius 1 is 1.13 bits per heavy atom. The molecule has 1 heterocycles. The second kappa shape index (κ2) is 12.4. The first-order valence-corrected chi connectivity index (χ1v) is 12.5. The van der Waals surface area contributed by atoms with Crippen molar-refractivity contribution in [3.05, 3.63) is 60.7 Å². The third-order valence-electron chi connectivity index (χ3n) is 4.67. The van der Waals surface area contributed by atoms with Crippen molar-refractivity contribution in [3.63, 3.8) is 0 Å². The van der Waals surface area contributed by atoms with E-state index >= 15 is 0 Å². The van der Waals surface area contributed by atoms with Crippen LogP contribution in [-0.2, 0) is 25.0 Å². The van der Waals surface area contributed by atoms with E-state index in [1.165, 1.54) is 0 Å². The summed E-state index contributed by atoms with van der Waals surface area (Å²) in [6, 6.07) is 18.8. The molecule has 0 N–H and O–H groups in total. The standard InChI is InChI=1S/C22H26O5S3/c1-24-21-19(26-16-20(21)30(23)18-10-6-3-7-11-18)12-14-29-15-13-25-22(28)27-17-8-4-2-5-9-17/h2-11,19-21H,12-16H2,1H3/t19-,20+,21-,30?/m1/s1. The lowest BCUT2D eigenvalue weighted by Crippen LogP contribution is -2.35. The number of para-hydroxylation sites is 1. The lowest BCUT2D eigenvalue weighted by molar-refractivity contribution is 0.0156. The molecule has 0 saturated carbocycles. The van der Waals surface area contributed by atoms with E-state index in [9.17, 15) is 4.21 Å². The predicted molar refractivity (Wildman–Crippen MR) is 125 cm³/mol. The highest BCUT2D eigenvalue weighted by Gasteiger charge is 2.41. The van der Waals surface area contributed by atoms with Gasteiger partial charge in [-0.3, -0.25) is 4.21 Å². The van der Waals surface area contributed by atoms with Crippen LogP contribution in [0.4, 0.5) is 0 Å². The summed E-state index contributed by atoms with van der Waals surface area (Å²) in [6.45, 7) is 0.930. The molecule has 0 amide bonds. The van der Waals surface area contributed by atoms with Crippen molar-refractivity contribution in [2.75, 3.05) is 31.8 Å². The summed E-state index contributed by atoms with van der Waals surface area (Å²) >= 11 is 6.85. The molecule has 1 fully saturated rings. The van der Waals surface area contributed by atoms with Crippen LogP contribution in [0, 0.1) is 0 Å². The zero-order valence-corrected chi connectivity index (χ0v) is 19.3. The molecule has 3 rings (SSSR count). The second-order valence-electron chi connectivity index (χ2n) is 6.64. The normalized spacial score (nSPS) is 21.8. The molecule has 8 heteroatoms. The van der Waals surface area contributed by atoms with Gasteiger partial charge in [-0.05, 0) is 36.4 Å². The first-order chi connectivity index (χ1) is 14.7. The van der Waals surface area contributed by atoms with Gasteiger partial charge in [-0.1, -0.05) is 36.4 Å². The summed E-state index contributed by atoms with van der Waals surface area (Å²) in [4.78, 5) is 0.814. The maximum Gasteiger partial charge on any atom is 0.357 e. The summed E-state index contributed by atoms with van der Waals surface area (Å²) in [6.07, 6.45) is 0.606. The van der Waals surface area contributed by atoms with Gasteiger partial charge in [-0.2, -0.15) is 11.8 Å². The van der Waals surface area contributed by atoms with Crippen molar-refractivity contribution >= 4 is 40.0 Å². The molecule has 1 aliphatic heterocycles. The number of thiocarbonyl (C=S) groups is 1. The van der Waals surface area contributed by atoms with Gasteiger partial charge in [0.15, 0.2) is 0 Å². The Labute approximate surface area is 189 Å². The van der Waals surface area contributed by atoms with E-state index in [0.717, 1.165) is 22.8 Å². The Bertz CT molecular complexity index is 803. The van der Waals surface area contributed by atoms with E-state index in [2.05, 4.69) is 0 Å². The molecule has 4 atom stereocenters. The topological polar surface area (TPSA) is 54.0 Å². The molecule has 1 saturated heterocycles. The van der Waals surface area contributed by atoms with Crippen LogP contribution < -0.4 is 4.74 Å². The largest absolute Gasteiger partial charge is 0.456 e. The third-order valence-corrected chi connectivity index (χ3v) is 7.54. The zero-order chi connectivity index (χ0) is 21.2. The minimum atomic E-state index is -1.15. The SMILES string of the molecule is CO[C@@H]1[C@@H](CCSCCOC(=S)Oc2ccccc2)OC[C@@H]1S(=O)c1ccccc1. The zero-order valence-electron chi connectivity index (χ0n) is 16.8. The quantitative estimate of drug-likeness (QED) is 0.386. The fraction of sp³-hybridized carbons (Fsp3) is 0.409. The summed E-state index contributed by atoms with van der Waals surface area (Å²) in [5.74, 6) is 2.36. The summed E-state index contributed by atoms with van der Waals surface area (Å²) < 4.78 is 35.3. The minimum absolute atomic E-state index is 0.0522. The molecule has 30 heavy (non-hydrogen) atoms. The van der Waals surface area contributed by atoms with Gasteiger partial charge in [0.05, 0.1) is 28.8 Å². The molecule has 0 spiro atoms. The highest BCUT2D eigenvalue weighted by atomic mass is 32.2. The van der Waals surface area contributed by atoms with Gasteiger partial charge in [-0.25, -0.2) is 0 Å². The Hall–Kier alpha value is -1.45. The predicted octanol–water partition coefficient (Wildman–Crippen LogP) is 4.08. The lowest BCUT2D eigenvalue weighted by Gasteiger charge is -2.21. The fourth-order valence-corrected chi connectivity index (χ4v) is 5.70. The highest BCUT2D eigenvalue weighted by molar-refractivity contribution is 7.99. The van der Waals surface area contributed by atoms with Gasteiger partial charge in [0.2, 0.25) is 0 Å². The Morgan fingerprint density at radius 2 is 1.83 bits per heavy atom. The van der Waals surface area contributed by atoms with E-state index in [-0.39, 0.29) is 22.7 Å². The van der Waals surface area contributed by atoms with Crippen molar-refractivity contribution in [2.45, 2.75) is 28.8 Å². The van der Waals surface area contributed by atoms with Crippen LogP contribution in [0.5, 0.6) is 5.75 Å². The Balaban J connectivity index is 1.34. The average Bonchev–Trinajstić information content (AvgIpc) is 3.19. The van der Waals surface area contributed by atoms with Crippen LogP contribution >= 0.6 is 24.0 Å². The number of methoxy groups -OCH3 is 1. The number of benzene rings is 2. The van der Waals surface area contributed by atoms with Gasteiger partial charge >= 0.3 is 5.24 Å². The molecule has 0 aromatic heterocycles. The summed E-state index contributed by atoms with van der Waals surface area (Å²) in [5.41, 5.74) is 0. The summed E-state index contributed by atoms with van der Waals surface area (Å²) in [5, 5.41) is -0.0187. The molecule has 0 aliphatic carbocycles. The Morgan fingerprint density at radius 3 is 2.53 bits per heavy atom. The number of thioether (sulfide) groups is 1. The van der Waals surface area contributed by atoms with Gasteiger partial charge in [0.1, 0.15) is 18.5 Å². The van der Waals surface area contributed by atoms with Crippen LogP contribution in [0.2, 0.25) is 0 Å². The third kappa shape index (κ3) is 6.78. The molecule has 1 aliphatic rings. The van der Waals surface area contributed by atoms with Crippen LogP contribution in [0.15, 0.2) is 65.6 Å². The highest BCUT2D eigenvalue weighted by Crippen LogP contribution is 2.28. The first kappa shape index (κ1) is 23.2. The summed E-state index contributed by atoms with van der Waals surface area (Å²) in [7, 11) is 0.516. The van der Waals surface area contributed by atoms with Crippen molar-refractivity contribution in [3.8, 4) is 5.75 Å². The molecule has 162 valence electrons. The molecule has 2 aromatic rings. The lowest BCUT2D eigenvalue weighted by atomic mass is 10.1. The molecule has 1 unspecified atom stereocenters. The molecular weight excluding hydrogens is 440 g/mol. The maximum atomic E-state index is 12.9. The molecule has 0 bridgehead atoms. The van der Waals surface area contributed by atoms with Crippen LogP contribution in [0.1, 0.15) is 6.42 Å². The van der Waals surface area contributed by atoms with Crippen LogP contribution in [-0.4, -0.2) is 58.7 Å². The van der Waals surface area contributed by atoms with Gasteiger partial charge in [0.25, 0.3) is 0 Å². The number of rotatable bonds is 10. The van der Waals surface area contributed by atoms with Crippen LogP contribution in [0.25, 0.3) is 0 Å². The number of hydrogen-bond donors (Lipinski definition) is 0. The smallest absolute Gasteiger partial charge is 0.357 e. The van der Waals surface area contributed by atoms with E-state index < -0.39 is 10.8 Å². The molecule has 5 nitrogen and oxygen atoms in total. The molecule has 2 aromatic carbocycles. The Kier molecular flexibility index (Phi) is 9.61.